The number of carbonyl (C=O) groups excluding carboxylic acids is 1. The van der Waals surface area contributed by atoms with Crippen molar-refractivity contribution in [3.63, 3.8) is 0 Å². The third-order valence-corrected chi connectivity index (χ3v) is 3.48. The van der Waals surface area contributed by atoms with E-state index in [1.54, 1.807) is 10.9 Å². The number of aliphatic hydroxyl groups is 1. The fourth-order valence-electron chi connectivity index (χ4n) is 2.45. The number of aryl methyl sites for hydroxylation is 1. The van der Waals surface area contributed by atoms with Crippen LogP contribution in [0.15, 0.2) is 6.20 Å². The summed E-state index contributed by atoms with van der Waals surface area (Å²) < 4.78 is 1.59. The van der Waals surface area contributed by atoms with Gasteiger partial charge in [-0.1, -0.05) is 12.1 Å². The molecule has 0 radical (unpaired) electrons. The molecule has 1 aromatic rings. The van der Waals surface area contributed by atoms with Crippen molar-refractivity contribution < 1.29 is 9.90 Å². The van der Waals surface area contributed by atoms with Crippen LogP contribution in [0.5, 0.6) is 0 Å². The van der Waals surface area contributed by atoms with Crippen molar-refractivity contribution in [2.75, 3.05) is 19.7 Å². The second-order valence-corrected chi connectivity index (χ2v) is 5.32. The molecule has 1 atom stereocenters. The number of hydrogen-bond acceptors (Lipinski definition) is 4. The van der Waals surface area contributed by atoms with E-state index in [2.05, 4.69) is 17.2 Å². The van der Waals surface area contributed by atoms with Crippen LogP contribution in [0, 0.1) is 5.92 Å². The maximum absolute atomic E-state index is 12.1. The Kier molecular flexibility index (Phi) is 4.90. The number of piperidine rings is 1. The first kappa shape index (κ1) is 14.0. The number of aliphatic hydroxyl groups excluding tert-OH is 1. The Balaban J connectivity index is 1.86. The predicted molar refractivity (Wildman–Crippen MR) is 70.4 cm³/mol. The van der Waals surface area contributed by atoms with Crippen molar-refractivity contribution in [1.82, 2.24) is 19.9 Å². The van der Waals surface area contributed by atoms with Crippen molar-refractivity contribution >= 4 is 5.91 Å². The molecule has 0 bridgehead atoms. The van der Waals surface area contributed by atoms with E-state index in [0.29, 0.717) is 18.8 Å². The first-order valence-electron chi connectivity index (χ1n) is 6.96. The molecule has 1 saturated heterocycles. The van der Waals surface area contributed by atoms with Gasteiger partial charge in [0.2, 0.25) is 5.91 Å². The average Bonchev–Trinajstić information content (AvgIpc) is 2.84. The third-order valence-electron chi connectivity index (χ3n) is 3.48. The quantitative estimate of drug-likeness (QED) is 0.840. The van der Waals surface area contributed by atoms with Crippen molar-refractivity contribution in [1.29, 1.82) is 0 Å². The zero-order valence-corrected chi connectivity index (χ0v) is 11.5. The summed E-state index contributed by atoms with van der Waals surface area (Å²) in [7, 11) is 0. The van der Waals surface area contributed by atoms with Gasteiger partial charge in [0.15, 0.2) is 0 Å². The van der Waals surface area contributed by atoms with Crippen molar-refractivity contribution in [3.8, 4) is 0 Å². The lowest BCUT2D eigenvalue weighted by molar-refractivity contribution is -0.133. The molecule has 1 unspecified atom stereocenters. The van der Waals surface area contributed by atoms with Crippen LogP contribution >= 0.6 is 0 Å². The Labute approximate surface area is 113 Å². The highest BCUT2D eigenvalue weighted by Gasteiger charge is 2.21. The minimum Gasteiger partial charge on any atom is -0.396 e. The van der Waals surface area contributed by atoms with Gasteiger partial charge in [0.05, 0.1) is 5.69 Å². The fourth-order valence-corrected chi connectivity index (χ4v) is 2.45. The zero-order valence-electron chi connectivity index (χ0n) is 11.5. The summed E-state index contributed by atoms with van der Waals surface area (Å²) in [6, 6.07) is 0. The van der Waals surface area contributed by atoms with E-state index in [4.69, 9.17) is 5.11 Å². The lowest BCUT2D eigenvalue weighted by Gasteiger charge is -2.30. The Hall–Kier alpha value is -1.43. The normalized spacial score (nSPS) is 19.7. The lowest BCUT2D eigenvalue weighted by atomic mass is 10.0. The molecule has 1 fully saturated rings. The molecule has 0 aliphatic carbocycles. The molecule has 1 amide bonds. The van der Waals surface area contributed by atoms with Crippen LogP contribution in [-0.2, 0) is 17.8 Å². The van der Waals surface area contributed by atoms with Crippen LogP contribution in [-0.4, -0.2) is 50.6 Å². The number of aromatic nitrogens is 3. The Morgan fingerprint density at radius 1 is 1.58 bits per heavy atom. The molecule has 19 heavy (non-hydrogen) atoms. The zero-order chi connectivity index (χ0) is 13.7. The molecule has 2 heterocycles. The molecule has 1 aromatic heterocycles. The Morgan fingerprint density at radius 2 is 2.42 bits per heavy atom. The molecule has 0 spiro atoms. The molecule has 1 N–H and O–H groups in total. The monoisotopic (exact) mass is 266 g/mol. The first-order valence-corrected chi connectivity index (χ1v) is 6.96. The lowest BCUT2D eigenvalue weighted by Crippen LogP contribution is -2.40. The molecule has 6 heteroatoms. The maximum Gasteiger partial charge on any atom is 0.244 e. The number of likely N-dealkylation sites (tertiary alicyclic amines) is 1. The summed E-state index contributed by atoms with van der Waals surface area (Å²) in [6.07, 6.45) is 5.47. The highest BCUT2D eigenvalue weighted by molar-refractivity contribution is 5.76. The largest absolute Gasteiger partial charge is 0.396 e. The van der Waals surface area contributed by atoms with Gasteiger partial charge in [-0.25, -0.2) is 4.68 Å². The van der Waals surface area contributed by atoms with Gasteiger partial charge in [-0.3, -0.25) is 4.79 Å². The van der Waals surface area contributed by atoms with E-state index in [1.165, 1.54) is 6.42 Å². The van der Waals surface area contributed by atoms with E-state index in [-0.39, 0.29) is 19.1 Å². The minimum absolute atomic E-state index is 0.116. The van der Waals surface area contributed by atoms with Crippen molar-refractivity contribution in [2.24, 2.45) is 5.92 Å². The topological polar surface area (TPSA) is 71.2 Å². The molecule has 1 aliphatic heterocycles. The maximum atomic E-state index is 12.1. The predicted octanol–water partition coefficient (Wildman–Crippen LogP) is 0.461. The number of amides is 1. The second kappa shape index (κ2) is 6.65. The second-order valence-electron chi connectivity index (χ2n) is 5.32. The summed E-state index contributed by atoms with van der Waals surface area (Å²) in [4.78, 5) is 14.1. The smallest absolute Gasteiger partial charge is 0.244 e. The Morgan fingerprint density at radius 3 is 3.16 bits per heavy atom. The molecule has 6 nitrogen and oxygen atoms in total. The highest BCUT2D eigenvalue weighted by atomic mass is 16.2. The van der Waals surface area contributed by atoms with Crippen LogP contribution in [0.1, 0.15) is 31.9 Å². The number of rotatable bonds is 5. The van der Waals surface area contributed by atoms with E-state index in [0.717, 1.165) is 25.2 Å². The van der Waals surface area contributed by atoms with Gasteiger partial charge < -0.3 is 10.0 Å². The molecule has 0 aromatic carbocycles. The van der Waals surface area contributed by atoms with Gasteiger partial charge in [-0.05, 0) is 31.6 Å². The van der Waals surface area contributed by atoms with Crippen LogP contribution in [0.2, 0.25) is 0 Å². The summed E-state index contributed by atoms with van der Waals surface area (Å²) in [5, 5.41) is 16.7. The highest BCUT2D eigenvalue weighted by Crippen LogP contribution is 2.15. The molecular formula is C13H22N4O2. The van der Waals surface area contributed by atoms with Crippen LogP contribution < -0.4 is 0 Å². The Bertz CT molecular complexity index is 419. The van der Waals surface area contributed by atoms with Crippen LogP contribution in [0.4, 0.5) is 0 Å². The molecule has 0 saturated carbocycles. The third kappa shape index (κ3) is 4.02. The molecule has 2 rings (SSSR count). The summed E-state index contributed by atoms with van der Waals surface area (Å²) >= 11 is 0. The van der Waals surface area contributed by atoms with Crippen LogP contribution in [0.3, 0.4) is 0 Å². The minimum atomic E-state index is 0.116. The molecule has 106 valence electrons. The molecule has 1 aliphatic rings. The summed E-state index contributed by atoms with van der Waals surface area (Å²) in [6.45, 7) is 4.30. The SMILES string of the molecule is CC1CCCN(C(=O)Cn2cc(CCCO)nn2)C1. The van der Waals surface area contributed by atoms with Gasteiger partial charge in [0.1, 0.15) is 6.54 Å². The van der Waals surface area contributed by atoms with E-state index >= 15 is 0 Å². The van der Waals surface area contributed by atoms with Gasteiger partial charge in [0, 0.05) is 25.9 Å². The van der Waals surface area contributed by atoms with Crippen molar-refractivity contribution in [2.45, 2.75) is 39.2 Å². The van der Waals surface area contributed by atoms with E-state index in [9.17, 15) is 4.79 Å². The van der Waals surface area contributed by atoms with E-state index in [1.807, 2.05) is 4.90 Å². The molecular weight excluding hydrogens is 244 g/mol. The van der Waals surface area contributed by atoms with Gasteiger partial charge in [-0.2, -0.15) is 0 Å². The van der Waals surface area contributed by atoms with Crippen LogP contribution in [0.25, 0.3) is 0 Å². The van der Waals surface area contributed by atoms with Crippen molar-refractivity contribution in [3.05, 3.63) is 11.9 Å². The fraction of sp³-hybridized carbons (Fsp3) is 0.769. The summed E-state index contributed by atoms with van der Waals surface area (Å²) in [5.41, 5.74) is 0.828. The first-order chi connectivity index (χ1) is 9.19. The van der Waals surface area contributed by atoms with Gasteiger partial charge in [0.25, 0.3) is 0 Å². The number of carbonyl (C=O) groups is 1. The number of hydrogen-bond donors (Lipinski definition) is 1. The van der Waals surface area contributed by atoms with Gasteiger partial charge in [-0.15, -0.1) is 5.10 Å². The summed E-state index contributed by atoms with van der Waals surface area (Å²) in [5.74, 6) is 0.707. The number of nitrogens with zero attached hydrogens (tertiary/aromatic N) is 4. The standard InChI is InChI=1S/C13H22N4O2/c1-11-4-2-6-16(8-11)13(19)10-17-9-12(14-15-17)5-3-7-18/h9,11,18H,2-8,10H2,1H3. The average molecular weight is 266 g/mol. The van der Waals surface area contributed by atoms with Gasteiger partial charge >= 0.3 is 0 Å². The van der Waals surface area contributed by atoms with E-state index < -0.39 is 0 Å².